The Balaban J connectivity index is 1.20. The quantitative estimate of drug-likeness (QED) is 0.592. The fourth-order valence-electron chi connectivity index (χ4n) is 4.32. The van der Waals surface area contributed by atoms with E-state index in [1.165, 1.54) is 0 Å². The van der Waals surface area contributed by atoms with Crippen molar-refractivity contribution in [3.8, 4) is 22.9 Å². The number of carbonyl (C=O) groups excluding carboxylic acids is 1. The van der Waals surface area contributed by atoms with Gasteiger partial charge in [0.1, 0.15) is 19.0 Å². The molecule has 7 nitrogen and oxygen atoms in total. The molecule has 1 fully saturated rings. The zero-order valence-corrected chi connectivity index (χ0v) is 17.7. The van der Waals surface area contributed by atoms with E-state index in [2.05, 4.69) is 19.7 Å². The highest BCUT2D eigenvalue weighted by molar-refractivity contribution is 5.98. The van der Waals surface area contributed by atoms with E-state index in [9.17, 15) is 4.79 Å². The Morgan fingerprint density at radius 3 is 2.52 bits per heavy atom. The summed E-state index contributed by atoms with van der Waals surface area (Å²) in [6.07, 6.45) is 1.69. The lowest BCUT2D eigenvalue weighted by Gasteiger charge is -2.31. The number of hydrogen-bond donors (Lipinski definition) is 0. The van der Waals surface area contributed by atoms with Gasteiger partial charge in [0, 0.05) is 24.1 Å². The molecule has 0 aliphatic carbocycles. The largest absolute Gasteiger partial charge is 0.486 e. The number of benzene rings is 2. The zero-order chi connectivity index (χ0) is 21.2. The first-order valence-electron chi connectivity index (χ1n) is 10.8. The number of nitrogens with zero attached hydrogens (tertiary/aromatic N) is 4. The number of carbonyl (C=O) groups is 1. The van der Waals surface area contributed by atoms with Crippen LogP contribution in [0.15, 0.2) is 48.5 Å². The molecule has 0 N–H and O–H groups in total. The Labute approximate surface area is 181 Å². The van der Waals surface area contributed by atoms with Gasteiger partial charge in [-0.1, -0.05) is 30.3 Å². The minimum absolute atomic E-state index is 0.0400. The third-order valence-electron chi connectivity index (χ3n) is 6.15. The first-order valence-corrected chi connectivity index (χ1v) is 10.8. The van der Waals surface area contributed by atoms with Gasteiger partial charge < -0.3 is 14.0 Å². The number of hydrogen-bond acceptors (Lipinski definition) is 6. The van der Waals surface area contributed by atoms with Crippen molar-refractivity contribution in [1.82, 2.24) is 19.7 Å². The highest BCUT2D eigenvalue weighted by Crippen LogP contribution is 2.32. The van der Waals surface area contributed by atoms with E-state index in [0.29, 0.717) is 24.5 Å². The number of fused-ring (bicyclic) bond motifs is 1. The van der Waals surface area contributed by atoms with E-state index < -0.39 is 0 Å². The highest BCUT2D eigenvalue weighted by Gasteiger charge is 2.27. The zero-order valence-electron chi connectivity index (χ0n) is 17.7. The van der Waals surface area contributed by atoms with Crippen molar-refractivity contribution in [2.24, 2.45) is 13.0 Å². The molecule has 0 unspecified atom stereocenters. The summed E-state index contributed by atoms with van der Waals surface area (Å²) in [6, 6.07) is 15.6. The fraction of sp³-hybridized carbons (Fsp3) is 0.375. The number of aromatic nitrogens is 3. The average molecular weight is 418 g/mol. The summed E-state index contributed by atoms with van der Waals surface area (Å²) in [7, 11) is 2.01. The summed E-state index contributed by atoms with van der Waals surface area (Å²) in [5, 5.41) is 8.79. The predicted octanol–water partition coefficient (Wildman–Crippen LogP) is 3.35. The van der Waals surface area contributed by atoms with Gasteiger partial charge in [0.2, 0.25) is 0 Å². The number of piperidine rings is 1. The second-order valence-corrected chi connectivity index (χ2v) is 8.14. The SMILES string of the molecule is Cn1c(CN2CCC(C(=O)c3ccc4c(c3)OCCO4)CC2)nnc1-c1ccccc1. The molecule has 2 aliphatic rings. The Morgan fingerprint density at radius 1 is 1.00 bits per heavy atom. The Hall–Kier alpha value is -3.19. The number of ether oxygens (including phenoxy) is 2. The molecule has 1 aromatic heterocycles. The molecule has 5 rings (SSSR count). The van der Waals surface area contributed by atoms with Crippen molar-refractivity contribution in [2.45, 2.75) is 19.4 Å². The van der Waals surface area contributed by atoms with Gasteiger partial charge in [-0.3, -0.25) is 9.69 Å². The predicted molar refractivity (Wildman–Crippen MR) is 116 cm³/mol. The van der Waals surface area contributed by atoms with Crippen LogP contribution in [0.4, 0.5) is 0 Å². The molecule has 0 radical (unpaired) electrons. The van der Waals surface area contributed by atoms with Crippen LogP contribution in [0.25, 0.3) is 11.4 Å². The van der Waals surface area contributed by atoms with Gasteiger partial charge in [-0.25, -0.2) is 0 Å². The number of likely N-dealkylation sites (tertiary alicyclic amines) is 1. The summed E-state index contributed by atoms with van der Waals surface area (Å²) < 4.78 is 13.2. The molecule has 31 heavy (non-hydrogen) atoms. The van der Waals surface area contributed by atoms with Crippen LogP contribution >= 0.6 is 0 Å². The normalized spacial score (nSPS) is 16.9. The monoisotopic (exact) mass is 418 g/mol. The van der Waals surface area contributed by atoms with Crippen LogP contribution in [0, 0.1) is 5.92 Å². The van der Waals surface area contributed by atoms with Gasteiger partial charge in [-0.15, -0.1) is 10.2 Å². The van der Waals surface area contributed by atoms with E-state index in [0.717, 1.165) is 55.4 Å². The maximum absolute atomic E-state index is 13.0. The van der Waals surface area contributed by atoms with Crippen molar-refractivity contribution >= 4 is 5.78 Å². The van der Waals surface area contributed by atoms with Crippen LogP contribution < -0.4 is 9.47 Å². The Kier molecular flexibility index (Phi) is 5.42. The van der Waals surface area contributed by atoms with Gasteiger partial charge in [-0.2, -0.15) is 0 Å². The molecule has 0 amide bonds. The first kappa shape index (κ1) is 19.8. The van der Waals surface area contributed by atoms with Gasteiger partial charge in [0.15, 0.2) is 23.1 Å². The summed E-state index contributed by atoms with van der Waals surface area (Å²) >= 11 is 0. The van der Waals surface area contributed by atoms with Gasteiger partial charge in [0.25, 0.3) is 0 Å². The lowest BCUT2D eigenvalue weighted by molar-refractivity contribution is 0.0831. The molecule has 160 valence electrons. The van der Waals surface area contributed by atoms with E-state index in [1.807, 2.05) is 55.6 Å². The second-order valence-electron chi connectivity index (χ2n) is 8.14. The van der Waals surface area contributed by atoms with Crippen LogP contribution in [-0.2, 0) is 13.6 Å². The molecule has 7 heteroatoms. The van der Waals surface area contributed by atoms with E-state index >= 15 is 0 Å². The molecule has 0 atom stereocenters. The summed E-state index contributed by atoms with van der Waals surface area (Å²) in [4.78, 5) is 15.4. The molecule has 3 heterocycles. The van der Waals surface area contributed by atoms with Crippen LogP contribution in [0.1, 0.15) is 29.0 Å². The van der Waals surface area contributed by atoms with Crippen molar-refractivity contribution in [2.75, 3.05) is 26.3 Å². The summed E-state index contributed by atoms with van der Waals surface area (Å²) in [6.45, 7) is 3.55. The second kappa shape index (κ2) is 8.51. The van der Waals surface area contributed by atoms with Gasteiger partial charge in [-0.05, 0) is 44.1 Å². The number of ketones is 1. The Morgan fingerprint density at radius 2 is 1.74 bits per heavy atom. The van der Waals surface area contributed by atoms with Crippen molar-refractivity contribution in [3.05, 3.63) is 59.9 Å². The molecule has 3 aromatic rings. The lowest BCUT2D eigenvalue weighted by atomic mass is 9.88. The van der Waals surface area contributed by atoms with Crippen molar-refractivity contribution < 1.29 is 14.3 Å². The van der Waals surface area contributed by atoms with E-state index in [4.69, 9.17) is 9.47 Å². The maximum atomic E-state index is 13.0. The van der Waals surface area contributed by atoms with Crippen LogP contribution in [-0.4, -0.2) is 51.8 Å². The van der Waals surface area contributed by atoms with E-state index in [1.54, 1.807) is 0 Å². The molecule has 0 saturated carbocycles. The van der Waals surface area contributed by atoms with Crippen LogP contribution in [0.3, 0.4) is 0 Å². The molecular weight excluding hydrogens is 392 g/mol. The third kappa shape index (κ3) is 4.05. The van der Waals surface area contributed by atoms with Crippen LogP contribution in [0.2, 0.25) is 0 Å². The Bertz CT molecular complexity index is 1070. The lowest BCUT2D eigenvalue weighted by Crippen LogP contribution is -2.36. The molecule has 0 bridgehead atoms. The van der Waals surface area contributed by atoms with Crippen LogP contribution in [0.5, 0.6) is 11.5 Å². The molecule has 1 saturated heterocycles. The number of rotatable bonds is 5. The third-order valence-corrected chi connectivity index (χ3v) is 6.15. The van der Waals surface area contributed by atoms with Gasteiger partial charge in [0.05, 0.1) is 6.54 Å². The van der Waals surface area contributed by atoms with Crippen molar-refractivity contribution in [3.63, 3.8) is 0 Å². The minimum atomic E-state index is 0.0400. The maximum Gasteiger partial charge on any atom is 0.166 e. The molecule has 0 spiro atoms. The highest BCUT2D eigenvalue weighted by atomic mass is 16.6. The number of Topliss-reactive ketones (excluding diaryl/α,β-unsaturated/α-hetero) is 1. The topological polar surface area (TPSA) is 69.5 Å². The molecule has 2 aromatic carbocycles. The molecule has 2 aliphatic heterocycles. The average Bonchev–Trinajstić information content (AvgIpc) is 3.19. The van der Waals surface area contributed by atoms with E-state index in [-0.39, 0.29) is 11.7 Å². The minimum Gasteiger partial charge on any atom is -0.486 e. The fourth-order valence-corrected chi connectivity index (χ4v) is 4.32. The standard InChI is InChI=1S/C24H26N4O3/c1-27-22(25-26-24(27)18-5-3-2-4-6-18)16-28-11-9-17(10-12-28)23(29)19-7-8-20-21(15-19)31-14-13-30-20/h2-8,15,17H,9-14,16H2,1H3. The van der Waals surface area contributed by atoms with Crippen molar-refractivity contribution in [1.29, 1.82) is 0 Å². The summed E-state index contributed by atoms with van der Waals surface area (Å²) in [5.41, 5.74) is 1.77. The van der Waals surface area contributed by atoms with Gasteiger partial charge >= 0.3 is 0 Å². The molecular formula is C24H26N4O3. The smallest absolute Gasteiger partial charge is 0.166 e. The summed E-state index contributed by atoms with van der Waals surface area (Å²) in [5.74, 6) is 3.44. The first-order chi connectivity index (χ1) is 15.2.